The minimum atomic E-state index is -4.74. The van der Waals surface area contributed by atoms with E-state index in [2.05, 4.69) is 45.1 Å². The van der Waals surface area contributed by atoms with E-state index in [1.165, 1.54) is 180 Å². The fourth-order valence-corrected chi connectivity index (χ4v) is 9.88. The van der Waals surface area contributed by atoms with Crippen molar-refractivity contribution in [1.82, 2.24) is 0 Å². The van der Waals surface area contributed by atoms with Crippen molar-refractivity contribution < 1.29 is 52.2 Å². The van der Waals surface area contributed by atoms with Crippen molar-refractivity contribution in [3.63, 3.8) is 0 Å². The molecule has 2 N–H and O–H groups in total. The van der Waals surface area contributed by atoms with Crippen LogP contribution < -0.4 is 0 Å². The van der Waals surface area contributed by atoms with Gasteiger partial charge in [-0.2, -0.15) is 0 Å². The quantitative estimate of drug-likeness (QED) is 0.0197. The molecule has 0 heterocycles. The smallest absolute Gasteiger partial charge is 0.462 e. The zero-order chi connectivity index (χ0) is 54.1. The maximum Gasteiger partial charge on any atom is 0.472 e. The largest absolute Gasteiger partial charge is 0.472 e. The lowest BCUT2D eigenvalue weighted by atomic mass is 10.0. The van der Waals surface area contributed by atoms with Crippen molar-refractivity contribution in [2.45, 2.75) is 328 Å². The molecule has 74 heavy (non-hydrogen) atoms. The summed E-state index contributed by atoms with van der Waals surface area (Å²) in [6, 6.07) is 0. The van der Waals surface area contributed by atoms with Gasteiger partial charge in [0.05, 0.1) is 19.8 Å². The number of unbranched alkanes of at least 4 members (excludes halogenated alkanes) is 38. The highest BCUT2D eigenvalue weighted by atomic mass is 31.2. The first-order valence-corrected chi connectivity index (χ1v) is 32.7. The van der Waals surface area contributed by atoms with Crippen LogP contribution in [0.4, 0.5) is 0 Å². The van der Waals surface area contributed by atoms with Gasteiger partial charge in [0.2, 0.25) is 0 Å². The Hall–Kier alpha value is -2.04. The standard InChI is InChI=1S/C62H117O11P/c1-4-7-10-13-16-19-22-24-26-28-29-31-32-34-37-39-42-45-48-51-60(64)69-55-59(73-62(66)53-50-47-44-41-38-35-33-30-27-25-23-20-17-14-11-8-5-2)57-71-74(67,68)70-56-58(54-63)72-61(65)52-49-46-43-40-36-21-18-15-12-9-6-3/h17,20,25,27,58-59,63H,4-16,18-19,21-24,26,28-57H2,1-3H3,(H,67,68)/b20-17-,27-25-. The first-order valence-electron chi connectivity index (χ1n) is 31.2. The zero-order valence-electron chi connectivity index (χ0n) is 48.3. The second kappa shape index (κ2) is 57.1. The molecule has 0 aliphatic heterocycles. The van der Waals surface area contributed by atoms with E-state index < -0.39 is 57.8 Å². The SMILES string of the molecule is CCCCC/C=C\C/C=C\CCCCCCCCCC(=O)OC(COC(=O)CCCCCCCCCCCCCCCCCCCCC)COP(=O)(O)OCC(CO)OC(=O)CCCCCCCCCCCCC. The topological polar surface area (TPSA) is 155 Å². The van der Waals surface area contributed by atoms with Gasteiger partial charge in [-0.25, -0.2) is 4.57 Å². The average molecular weight is 1070 g/mol. The summed E-state index contributed by atoms with van der Waals surface area (Å²) >= 11 is 0. The molecule has 11 nitrogen and oxygen atoms in total. The van der Waals surface area contributed by atoms with E-state index in [1.807, 2.05) is 0 Å². The molecule has 436 valence electrons. The van der Waals surface area contributed by atoms with Crippen LogP contribution in [0.1, 0.15) is 316 Å². The van der Waals surface area contributed by atoms with Crippen molar-refractivity contribution in [2.75, 3.05) is 26.4 Å². The molecule has 0 aliphatic rings. The fourth-order valence-electron chi connectivity index (χ4n) is 9.10. The van der Waals surface area contributed by atoms with E-state index in [1.54, 1.807) is 0 Å². The Bertz CT molecular complexity index is 1340. The number of ether oxygens (including phenoxy) is 3. The molecule has 0 aliphatic carbocycles. The Balaban J connectivity index is 4.66. The molecule has 0 aromatic heterocycles. The van der Waals surface area contributed by atoms with Gasteiger partial charge in [-0.1, -0.05) is 270 Å². The van der Waals surface area contributed by atoms with Crippen molar-refractivity contribution in [3.05, 3.63) is 24.3 Å². The predicted molar refractivity (Wildman–Crippen MR) is 307 cm³/mol. The second-order valence-electron chi connectivity index (χ2n) is 21.2. The van der Waals surface area contributed by atoms with Gasteiger partial charge < -0.3 is 24.2 Å². The van der Waals surface area contributed by atoms with Gasteiger partial charge in [0.1, 0.15) is 12.7 Å². The molecule has 3 unspecified atom stereocenters. The van der Waals surface area contributed by atoms with Gasteiger partial charge in [-0.05, 0) is 51.4 Å². The average Bonchev–Trinajstić information content (AvgIpc) is 3.39. The molecular formula is C62H117O11P. The van der Waals surface area contributed by atoms with Crippen LogP contribution >= 0.6 is 7.82 Å². The van der Waals surface area contributed by atoms with Crippen LogP contribution in [-0.2, 0) is 42.2 Å². The molecule has 0 aromatic carbocycles. The number of allylic oxidation sites excluding steroid dienone is 4. The number of phosphoric ester groups is 1. The normalized spacial score (nSPS) is 13.4. The summed E-state index contributed by atoms with van der Waals surface area (Å²) in [5.74, 6) is -1.44. The highest BCUT2D eigenvalue weighted by molar-refractivity contribution is 7.47. The van der Waals surface area contributed by atoms with E-state index >= 15 is 0 Å². The van der Waals surface area contributed by atoms with Crippen LogP contribution in [0.5, 0.6) is 0 Å². The van der Waals surface area contributed by atoms with E-state index in [4.69, 9.17) is 23.3 Å². The Labute approximate surface area is 455 Å². The van der Waals surface area contributed by atoms with Gasteiger partial charge in [0.15, 0.2) is 6.10 Å². The van der Waals surface area contributed by atoms with E-state index in [0.717, 1.165) is 77.0 Å². The van der Waals surface area contributed by atoms with E-state index in [9.17, 15) is 28.9 Å². The maximum absolute atomic E-state index is 12.9. The van der Waals surface area contributed by atoms with Crippen molar-refractivity contribution in [2.24, 2.45) is 0 Å². The zero-order valence-corrected chi connectivity index (χ0v) is 49.2. The molecule has 0 aromatic rings. The van der Waals surface area contributed by atoms with Gasteiger partial charge in [-0.3, -0.25) is 23.4 Å². The summed E-state index contributed by atoms with van der Waals surface area (Å²) in [5, 5.41) is 9.81. The lowest BCUT2D eigenvalue weighted by Crippen LogP contribution is -2.30. The Morgan fingerprint density at radius 3 is 1.03 bits per heavy atom. The Morgan fingerprint density at radius 2 is 0.662 bits per heavy atom. The molecule has 0 amide bonds. The van der Waals surface area contributed by atoms with Crippen molar-refractivity contribution >= 4 is 25.7 Å². The number of hydrogen-bond acceptors (Lipinski definition) is 10. The van der Waals surface area contributed by atoms with Gasteiger partial charge in [-0.15, -0.1) is 0 Å². The molecule has 12 heteroatoms. The lowest BCUT2D eigenvalue weighted by molar-refractivity contribution is -0.161. The summed E-state index contributed by atoms with van der Waals surface area (Å²) in [6.45, 7) is 4.67. The molecular weight excluding hydrogens is 952 g/mol. The van der Waals surface area contributed by atoms with Crippen LogP contribution in [0.15, 0.2) is 24.3 Å². The Kier molecular flexibility index (Phi) is 55.6. The molecule has 0 rings (SSSR count). The molecule has 3 atom stereocenters. The summed E-state index contributed by atoms with van der Waals surface area (Å²) in [5.41, 5.74) is 0. The maximum atomic E-state index is 12.9. The summed E-state index contributed by atoms with van der Waals surface area (Å²) in [7, 11) is -4.74. The lowest BCUT2D eigenvalue weighted by Gasteiger charge is -2.21. The first kappa shape index (κ1) is 72.0. The van der Waals surface area contributed by atoms with Gasteiger partial charge in [0, 0.05) is 19.3 Å². The fraction of sp³-hybridized carbons (Fsp3) is 0.887. The molecule has 0 spiro atoms. The third kappa shape index (κ3) is 54.7. The molecule has 0 fully saturated rings. The van der Waals surface area contributed by atoms with Crippen molar-refractivity contribution in [3.8, 4) is 0 Å². The van der Waals surface area contributed by atoms with Crippen LogP contribution in [0.3, 0.4) is 0 Å². The van der Waals surface area contributed by atoms with Crippen molar-refractivity contribution in [1.29, 1.82) is 0 Å². The van der Waals surface area contributed by atoms with Crippen LogP contribution in [0.2, 0.25) is 0 Å². The number of rotatable bonds is 59. The Morgan fingerprint density at radius 1 is 0.378 bits per heavy atom. The summed E-state index contributed by atoms with van der Waals surface area (Å²) in [6.07, 6.45) is 58.5. The van der Waals surface area contributed by atoms with Crippen LogP contribution in [0, 0.1) is 0 Å². The minimum Gasteiger partial charge on any atom is -0.462 e. The number of hydrogen-bond donors (Lipinski definition) is 2. The highest BCUT2D eigenvalue weighted by Crippen LogP contribution is 2.43. The summed E-state index contributed by atoms with van der Waals surface area (Å²) < 4.78 is 39.6. The molecule has 0 bridgehead atoms. The number of phosphoric acid groups is 1. The third-order valence-electron chi connectivity index (χ3n) is 13.9. The number of carbonyl (C=O) groups excluding carboxylic acids is 3. The monoisotopic (exact) mass is 1070 g/mol. The van der Waals surface area contributed by atoms with Crippen LogP contribution in [0.25, 0.3) is 0 Å². The predicted octanol–water partition coefficient (Wildman–Crippen LogP) is 18.6. The molecule has 0 saturated heterocycles. The first-order chi connectivity index (χ1) is 36.2. The van der Waals surface area contributed by atoms with Crippen LogP contribution in [-0.4, -0.2) is 66.5 Å². The number of aliphatic hydroxyl groups is 1. The van der Waals surface area contributed by atoms with Gasteiger partial charge in [0.25, 0.3) is 0 Å². The number of carbonyl (C=O) groups is 3. The second-order valence-corrected chi connectivity index (χ2v) is 22.7. The minimum absolute atomic E-state index is 0.164. The molecule has 0 radical (unpaired) electrons. The number of esters is 3. The highest BCUT2D eigenvalue weighted by Gasteiger charge is 2.28. The number of aliphatic hydroxyl groups excluding tert-OH is 1. The molecule has 0 saturated carbocycles. The summed E-state index contributed by atoms with van der Waals surface area (Å²) in [4.78, 5) is 48.6. The third-order valence-corrected chi connectivity index (χ3v) is 14.8. The van der Waals surface area contributed by atoms with Gasteiger partial charge >= 0.3 is 25.7 Å². The van der Waals surface area contributed by atoms with E-state index in [0.29, 0.717) is 19.3 Å². The van der Waals surface area contributed by atoms with E-state index in [-0.39, 0.29) is 25.9 Å².